The Morgan fingerprint density at radius 2 is 1.90 bits per heavy atom. The molecule has 1 amide bonds. The minimum atomic E-state index is -1.01. The first-order valence-electron chi connectivity index (χ1n) is 6.77. The van der Waals surface area contributed by atoms with E-state index < -0.39 is 11.4 Å². The number of hydrogen-bond acceptors (Lipinski definition) is 2. The normalized spacial score (nSPS) is 15.7. The molecule has 0 aliphatic heterocycles. The summed E-state index contributed by atoms with van der Waals surface area (Å²) in [6, 6.07) is 5.91. The molecule has 108 valence electrons. The van der Waals surface area contributed by atoms with Gasteiger partial charge in [-0.25, -0.2) is 4.39 Å². The minimum Gasteiger partial charge on any atom is -0.480 e. The summed E-state index contributed by atoms with van der Waals surface area (Å²) >= 11 is 0. The summed E-state index contributed by atoms with van der Waals surface area (Å²) in [6.45, 7) is 2.04. The summed E-state index contributed by atoms with van der Waals surface area (Å²) in [4.78, 5) is 24.9. The smallest absolute Gasteiger partial charge is 0.323 e. The molecule has 2 rings (SSSR count). The second-order valence-electron chi connectivity index (χ2n) is 5.21. The van der Waals surface area contributed by atoms with Gasteiger partial charge in [-0.2, -0.15) is 0 Å². The highest BCUT2D eigenvalue weighted by molar-refractivity contribution is 5.93. The van der Waals surface area contributed by atoms with E-state index in [0.717, 1.165) is 5.56 Å². The van der Waals surface area contributed by atoms with E-state index in [4.69, 9.17) is 5.11 Å². The van der Waals surface area contributed by atoms with Crippen molar-refractivity contribution < 1.29 is 19.1 Å². The Morgan fingerprint density at radius 3 is 2.35 bits per heavy atom. The predicted molar refractivity (Wildman–Crippen MR) is 71.8 cm³/mol. The molecule has 0 spiro atoms. The van der Waals surface area contributed by atoms with Crippen molar-refractivity contribution in [3.63, 3.8) is 0 Å². The van der Waals surface area contributed by atoms with Gasteiger partial charge in [0.1, 0.15) is 12.4 Å². The second kappa shape index (κ2) is 5.61. The lowest BCUT2D eigenvalue weighted by molar-refractivity contribution is -0.145. The van der Waals surface area contributed by atoms with E-state index in [1.54, 1.807) is 12.1 Å². The SMILES string of the molecule is CCCN(CC(=O)O)C(=O)C1(c2ccc(F)cc2)CC1. The maximum atomic E-state index is 13.0. The minimum absolute atomic E-state index is 0.159. The Labute approximate surface area is 117 Å². The zero-order chi connectivity index (χ0) is 14.8. The largest absolute Gasteiger partial charge is 0.480 e. The maximum absolute atomic E-state index is 13.0. The summed E-state index contributed by atoms with van der Waals surface area (Å²) in [5, 5.41) is 8.91. The predicted octanol–water partition coefficient (Wildman–Crippen LogP) is 2.18. The molecule has 4 nitrogen and oxygen atoms in total. The van der Waals surface area contributed by atoms with Crippen LogP contribution in [0, 0.1) is 5.82 Å². The van der Waals surface area contributed by atoms with Crippen LogP contribution in [-0.2, 0) is 15.0 Å². The van der Waals surface area contributed by atoms with Crippen LogP contribution >= 0.6 is 0 Å². The lowest BCUT2D eigenvalue weighted by Gasteiger charge is -2.26. The number of carbonyl (C=O) groups excluding carboxylic acids is 1. The van der Waals surface area contributed by atoms with Crippen molar-refractivity contribution >= 4 is 11.9 Å². The van der Waals surface area contributed by atoms with Crippen molar-refractivity contribution in [2.75, 3.05) is 13.1 Å². The van der Waals surface area contributed by atoms with Gasteiger partial charge in [0.15, 0.2) is 0 Å². The van der Waals surface area contributed by atoms with E-state index in [2.05, 4.69) is 0 Å². The van der Waals surface area contributed by atoms with Crippen molar-refractivity contribution in [2.45, 2.75) is 31.6 Å². The van der Waals surface area contributed by atoms with Gasteiger partial charge < -0.3 is 10.0 Å². The van der Waals surface area contributed by atoms with Gasteiger partial charge in [0, 0.05) is 6.54 Å². The Bertz CT molecular complexity index is 508. The Kier molecular flexibility index (Phi) is 4.06. The molecule has 1 saturated carbocycles. The number of nitrogens with zero attached hydrogens (tertiary/aromatic N) is 1. The van der Waals surface area contributed by atoms with Gasteiger partial charge >= 0.3 is 5.97 Å². The number of benzene rings is 1. The average Bonchev–Trinajstić information content (AvgIpc) is 3.19. The molecule has 0 heterocycles. The van der Waals surface area contributed by atoms with Crippen LogP contribution in [-0.4, -0.2) is 35.0 Å². The number of aliphatic carboxylic acids is 1. The van der Waals surface area contributed by atoms with Crippen LogP contribution in [0.5, 0.6) is 0 Å². The first-order valence-corrected chi connectivity index (χ1v) is 6.77. The Balaban J connectivity index is 2.21. The van der Waals surface area contributed by atoms with Crippen LogP contribution in [0.3, 0.4) is 0 Å². The van der Waals surface area contributed by atoms with Gasteiger partial charge in [0.25, 0.3) is 0 Å². The molecule has 0 radical (unpaired) electrons. The van der Waals surface area contributed by atoms with E-state index in [9.17, 15) is 14.0 Å². The van der Waals surface area contributed by atoms with Crippen molar-refractivity contribution in [1.82, 2.24) is 4.90 Å². The summed E-state index contributed by atoms with van der Waals surface area (Å²) in [5.41, 5.74) is 0.133. The molecule has 1 aliphatic carbocycles. The van der Waals surface area contributed by atoms with Gasteiger partial charge in [-0.15, -0.1) is 0 Å². The Morgan fingerprint density at radius 1 is 1.30 bits per heavy atom. The van der Waals surface area contributed by atoms with Crippen LogP contribution in [0.15, 0.2) is 24.3 Å². The molecule has 1 aromatic rings. The third-order valence-corrected chi connectivity index (χ3v) is 3.66. The molecule has 1 aromatic carbocycles. The van der Waals surface area contributed by atoms with Crippen LogP contribution in [0.4, 0.5) is 4.39 Å². The van der Waals surface area contributed by atoms with Crippen molar-refractivity contribution in [3.8, 4) is 0 Å². The van der Waals surface area contributed by atoms with Crippen LogP contribution < -0.4 is 0 Å². The fourth-order valence-corrected chi connectivity index (χ4v) is 2.51. The number of carboxylic acids is 1. The van der Waals surface area contributed by atoms with Crippen LogP contribution in [0.1, 0.15) is 31.7 Å². The van der Waals surface area contributed by atoms with Gasteiger partial charge in [-0.05, 0) is 37.0 Å². The topological polar surface area (TPSA) is 57.6 Å². The van der Waals surface area contributed by atoms with Crippen LogP contribution in [0.25, 0.3) is 0 Å². The van der Waals surface area contributed by atoms with Gasteiger partial charge in [-0.1, -0.05) is 19.1 Å². The standard InChI is InChI=1S/C15H18FNO3/c1-2-9-17(10-13(18)19)14(20)15(7-8-15)11-3-5-12(16)6-4-11/h3-6H,2,7-10H2,1H3,(H,18,19). The molecule has 0 aromatic heterocycles. The second-order valence-corrected chi connectivity index (χ2v) is 5.21. The molecule has 5 heteroatoms. The van der Waals surface area contributed by atoms with Crippen molar-refractivity contribution in [1.29, 1.82) is 0 Å². The summed E-state index contributed by atoms with van der Waals surface area (Å²) in [6.07, 6.45) is 2.09. The summed E-state index contributed by atoms with van der Waals surface area (Å²) in [5.74, 6) is -1.51. The zero-order valence-corrected chi connectivity index (χ0v) is 11.4. The molecule has 0 atom stereocenters. The monoisotopic (exact) mass is 279 g/mol. The number of carboxylic acid groups (broad SMARTS) is 1. The molecular formula is C15H18FNO3. The first-order chi connectivity index (χ1) is 9.49. The number of halogens is 1. The highest BCUT2D eigenvalue weighted by Crippen LogP contribution is 2.49. The summed E-state index contributed by atoms with van der Waals surface area (Å²) in [7, 11) is 0. The van der Waals surface area contributed by atoms with Gasteiger partial charge in [0.05, 0.1) is 5.41 Å². The number of hydrogen-bond donors (Lipinski definition) is 1. The van der Waals surface area contributed by atoms with Crippen LogP contribution in [0.2, 0.25) is 0 Å². The third kappa shape index (κ3) is 2.81. The molecule has 0 unspecified atom stereocenters. The van der Waals surface area contributed by atoms with Crippen molar-refractivity contribution in [2.24, 2.45) is 0 Å². The number of carbonyl (C=O) groups is 2. The molecule has 1 fully saturated rings. The molecular weight excluding hydrogens is 261 g/mol. The number of amides is 1. The highest BCUT2D eigenvalue weighted by Gasteiger charge is 2.53. The van der Waals surface area contributed by atoms with E-state index in [-0.39, 0.29) is 18.3 Å². The molecule has 20 heavy (non-hydrogen) atoms. The maximum Gasteiger partial charge on any atom is 0.323 e. The molecule has 1 aliphatic rings. The van der Waals surface area contributed by atoms with Gasteiger partial charge in [-0.3, -0.25) is 9.59 Å². The van der Waals surface area contributed by atoms with E-state index >= 15 is 0 Å². The van der Waals surface area contributed by atoms with Gasteiger partial charge in [0.2, 0.25) is 5.91 Å². The summed E-state index contributed by atoms with van der Waals surface area (Å²) < 4.78 is 13.0. The quantitative estimate of drug-likeness (QED) is 0.868. The fraction of sp³-hybridized carbons (Fsp3) is 0.467. The lowest BCUT2D eigenvalue weighted by Crippen LogP contribution is -2.42. The zero-order valence-electron chi connectivity index (χ0n) is 11.4. The van der Waals surface area contributed by atoms with E-state index in [0.29, 0.717) is 25.8 Å². The molecule has 1 N–H and O–H groups in total. The molecule has 0 bridgehead atoms. The number of rotatable bonds is 6. The van der Waals surface area contributed by atoms with E-state index in [1.807, 2.05) is 6.92 Å². The van der Waals surface area contributed by atoms with E-state index in [1.165, 1.54) is 17.0 Å². The van der Waals surface area contributed by atoms with Crippen molar-refractivity contribution in [3.05, 3.63) is 35.6 Å². The lowest BCUT2D eigenvalue weighted by atomic mass is 9.94. The first kappa shape index (κ1) is 14.5. The third-order valence-electron chi connectivity index (χ3n) is 3.66. The average molecular weight is 279 g/mol. The highest BCUT2D eigenvalue weighted by atomic mass is 19.1. The molecule has 0 saturated heterocycles. The Hall–Kier alpha value is -1.91. The fourth-order valence-electron chi connectivity index (χ4n) is 2.51.